The summed E-state index contributed by atoms with van der Waals surface area (Å²) >= 11 is 0. The zero-order valence-corrected chi connectivity index (χ0v) is 14.4. The Kier molecular flexibility index (Phi) is 5.11. The molecule has 1 heterocycles. The summed E-state index contributed by atoms with van der Waals surface area (Å²) in [7, 11) is 0. The monoisotopic (exact) mass is 321 g/mol. The second kappa shape index (κ2) is 7.45. The number of hydrogen-bond donors (Lipinski definition) is 2. The number of hydrogen-bond acceptors (Lipinski definition) is 1. The van der Waals surface area contributed by atoms with E-state index in [2.05, 4.69) is 35.7 Å². The summed E-state index contributed by atoms with van der Waals surface area (Å²) < 4.78 is 0. The minimum Gasteiger partial charge on any atom is -0.321 e. The molecule has 124 valence electrons. The van der Waals surface area contributed by atoms with E-state index in [1.54, 1.807) is 0 Å². The molecule has 0 saturated carbocycles. The minimum atomic E-state index is -0.0564. The van der Waals surface area contributed by atoms with Gasteiger partial charge < -0.3 is 10.2 Å². The maximum absolute atomic E-state index is 12.5. The highest BCUT2D eigenvalue weighted by atomic mass is 16.2. The van der Waals surface area contributed by atoms with Gasteiger partial charge in [0.15, 0.2) is 6.04 Å². The molecule has 2 aromatic carbocycles. The highest BCUT2D eigenvalue weighted by molar-refractivity contribution is 5.93. The van der Waals surface area contributed by atoms with Crippen molar-refractivity contribution in [1.82, 2.24) is 0 Å². The van der Waals surface area contributed by atoms with Crippen molar-refractivity contribution in [2.75, 3.05) is 18.4 Å². The van der Waals surface area contributed by atoms with Gasteiger partial charge >= 0.3 is 0 Å². The van der Waals surface area contributed by atoms with E-state index in [1.807, 2.05) is 44.2 Å². The minimum absolute atomic E-state index is 0.0564. The third kappa shape index (κ3) is 3.92. The molecule has 0 bridgehead atoms. The number of carbonyl (C=O) groups excluding carboxylic acids is 1. The van der Waals surface area contributed by atoms with Crippen molar-refractivity contribution in [1.29, 1.82) is 0 Å². The average Bonchev–Trinajstić information content (AvgIpc) is 2.62. The topological polar surface area (TPSA) is 33.5 Å². The lowest BCUT2D eigenvalue weighted by Crippen LogP contribution is -3.17. The van der Waals surface area contributed by atoms with Gasteiger partial charge in [-0.15, -0.1) is 0 Å². The second-order valence-corrected chi connectivity index (χ2v) is 6.54. The molecule has 3 nitrogen and oxygen atoms in total. The maximum Gasteiger partial charge on any atom is 0.282 e. The van der Waals surface area contributed by atoms with E-state index in [0.29, 0.717) is 0 Å². The molecular formula is C21H25N2O+. The first-order valence-electron chi connectivity index (χ1n) is 8.60. The Balaban J connectivity index is 1.61. The summed E-state index contributed by atoms with van der Waals surface area (Å²) in [4.78, 5) is 13.8. The quantitative estimate of drug-likeness (QED) is 0.892. The van der Waals surface area contributed by atoms with Gasteiger partial charge in [-0.2, -0.15) is 0 Å². The highest BCUT2D eigenvalue weighted by Crippen LogP contribution is 2.18. The zero-order chi connectivity index (χ0) is 16.9. The van der Waals surface area contributed by atoms with Gasteiger partial charge in [-0.25, -0.2) is 0 Å². The van der Waals surface area contributed by atoms with E-state index in [0.717, 1.165) is 30.8 Å². The Morgan fingerprint density at radius 2 is 1.92 bits per heavy atom. The van der Waals surface area contributed by atoms with E-state index in [9.17, 15) is 4.79 Å². The van der Waals surface area contributed by atoms with E-state index in [-0.39, 0.29) is 11.9 Å². The van der Waals surface area contributed by atoms with E-state index < -0.39 is 0 Å². The third-order valence-corrected chi connectivity index (χ3v) is 4.76. The zero-order valence-electron chi connectivity index (χ0n) is 14.4. The van der Waals surface area contributed by atoms with Crippen LogP contribution in [0.25, 0.3) is 5.57 Å². The van der Waals surface area contributed by atoms with Crippen molar-refractivity contribution in [2.45, 2.75) is 26.3 Å². The van der Waals surface area contributed by atoms with Gasteiger partial charge in [0, 0.05) is 12.1 Å². The van der Waals surface area contributed by atoms with Crippen LogP contribution >= 0.6 is 0 Å². The molecule has 0 radical (unpaired) electrons. The van der Waals surface area contributed by atoms with Crippen LogP contribution < -0.4 is 10.2 Å². The number of anilines is 1. The van der Waals surface area contributed by atoms with Crippen LogP contribution in [0.15, 0.2) is 60.7 Å². The molecule has 0 spiro atoms. The van der Waals surface area contributed by atoms with Gasteiger partial charge in [-0.05, 0) is 48.8 Å². The number of rotatable bonds is 4. The van der Waals surface area contributed by atoms with Crippen molar-refractivity contribution >= 4 is 17.2 Å². The summed E-state index contributed by atoms with van der Waals surface area (Å²) in [5.74, 6) is 0.0900. The normalized spacial score (nSPS) is 18.6. The first kappa shape index (κ1) is 16.5. The smallest absolute Gasteiger partial charge is 0.282 e. The standard InChI is InChI=1S/C21H24N2O/c1-16-7-6-10-20(15-16)22-21(24)17(2)23-13-11-19(12-14-23)18-8-4-3-5-9-18/h3-11,15,17H,12-14H2,1-2H3,(H,22,24)/p+1/t17-/m1/s1. The molecule has 1 unspecified atom stereocenters. The first-order chi connectivity index (χ1) is 11.6. The third-order valence-electron chi connectivity index (χ3n) is 4.76. The van der Waals surface area contributed by atoms with E-state index in [1.165, 1.54) is 16.0 Å². The molecule has 24 heavy (non-hydrogen) atoms. The Labute approximate surface area is 144 Å². The summed E-state index contributed by atoms with van der Waals surface area (Å²) in [5.41, 5.74) is 4.73. The molecule has 0 fully saturated rings. The fourth-order valence-electron chi connectivity index (χ4n) is 3.22. The Hall–Kier alpha value is -2.39. The molecule has 2 aromatic rings. The predicted molar refractivity (Wildman–Crippen MR) is 99.0 cm³/mol. The Bertz CT molecular complexity index is 737. The predicted octanol–water partition coefficient (Wildman–Crippen LogP) is 2.69. The summed E-state index contributed by atoms with van der Waals surface area (Å²) in [6.07, 6.45) is 3.30. The average molecular weight is 321 g/mol. The van der Waals surface area contributed by atoms with Crippen LogP contribution in [-0.2, 0) is 4.79 Å². The molecule has 1 aliphatic rings. The Morgan fingerprint density at radius 1 is 1.12 bits per heavy atom. The van der Waals surface area contributed by atoms with Crippen molar-refractivity contribution in [2.24, 2.45) is 0 Å². The van der Waals surface area contributed by atoms with E-state index in [4.69, 9.17) is 0 Å². The van der Waals surface area contributed by atoms with Gasteiger partial charge in [0.1, 0.15) is 0 Å². The van der Waals surface area contributed by atoms with Crippen molar-refractivity contribution in [3.8, 4) is 0 Å². The van der Waals surface area contributed by atoms with Gasteiger partial charge in [-0.3, -0.25) is 4.79 Å². The van der Waals surface area contributed by atoms with Crippen LogP contribution in [0.5, 0.6) is 0 Å². The molecule has 0 aliphatic carbocycles. The highest BCUT2D eigenvalue weighted by Gasteiger charge is 2.27. The van der Waals surface area contributed by atoms with Crippen LogP contribution in [0.4, 0.5) is 5.69 Å². The lowest BCUT2D eigenvalue weighted by molar-refractivity contribution is -0.909. The fraction of sp³-hybridized carbons (Fsp3) is 0.286. The fourth-order valence-corrected chi connectivity index (χ4v) is 3.22. The van der Waals surface area contributed by atoms with Crippen LogP contribution in [-0.4, -0.2) is 25.0 Å². The number of nitrogens with one attached hydrogen (secondary N) is 2. The molecule has 2 atom stereocenters. The molecule has 1 aliphatic heterocycles. The SMILES string of the molecule is Cc1cccc(NC(=O)[C@@H](C)[NH+]2CC=C(c3ccccc3)CC2)c1. The van der Waals surface area contributed by atoms with Gasteiger partial charge in [0.25, 0.3) is 5.91 Å². The second-order valence-electron chi connectivity index (χ2n) is 6.54. The lowest BCUT2D eigenvalue weighted by Gasteiger charge is -2.28. The number of benzene rings is 2. The number of carbonyl (C=O) groups is 1. The summed E-state index contributed by atoms with van der Waals surface area (Å²) in [5, 5.41) is 3.04. The molecule has 1 amide bonds. The van der Waals surface area contributed by atoms with Crippen LogP contribution in [0, 0.1) is 6.92 Å². The largest absolute Gasteiger partial charge is 0.321 e. The first-order valence-corrected chi connectivity index (χ1v) is 8.60. The molecule has 3 rings (SSSR count). The van der Waals surface area contributed by atoms with Gasteiger partial charge in [0.05, 0.1) is 13.1 Å². The van der Waals surface area contributed by atoms with Gasteiger partial charge in [0.2, 0.25) is 0 Å². The molecule has 2 N–H and O–H groups in total. The van der Waals surface area contributed by atoms with Gasteiger partial charge in [-0.1, -0.05) is 42.5 Å². The van der Waals surface area contributed by atoms with Crippen LogP contribution in [0.1, 0.15) is 24.5 Å². The summed E-state index contributed by atoms with van der Waals surface area (Å²) in [6, 6.07) is 18.4. The van der Waals surface area contributed by atoms with Crippen molar-refractivity contribution in [3.05, 3.63) is 71.8 Å². The number of quaternary nitrogens is 1. The van der Waals surface area contributed by atoms with Crippen LogP contribution in [0.2, 0.25) is 0 Å². The Morgan fingerprint density at radius 3 is 2.58 bits per heavy atom. The number of aryl methyl sites for hydroxylation is 1. The molecule has 3 heteroatoms. The van der Waals surface area contributed by atoms with Crippen LogP contribution in [0.3, 0.4) is 0 Å². The van der Waals surface area contributed by atoms with Crippen molar-refractivity contribution in [3.63, 3.8) is 0 Å². The van der Waals surface area contributed by atoms with Crippen molar-refractivity contribution < 1.29 is 9.69 Å². The molecular weight excluding hydrogens is 296 g/mol. The number of amides is 1. The molecule has 0 saturated heterocycles. The lowest BCUT2D eigenvalue weighted by atomic mass is 9.99. The van der Waals surface area contributed by atoms with E-state index >= 15 is 0 Å². The maximum atomic E-state index is 12.5. The molecule has 0 aromatic heterocycles. The summed E-state index contributed by atoms with van der Waals surface area (Å²) in [6.45, 7) is 5.93.